The fraction of sp³-hybridized carbons (Fsp3) is 0.217. The van der Waals surface area contributed by atoms with E-state index in [0.29, 0.717) is 22.9 Å². The summed E-state index contributed by atoms with van der Waals surface area (Å²) in [6.07, 6.45) is -3.32. The minimum absolute atomic E-state index is 0.174. The van der Waals surface area contributed by atoms with Crippen LogP contribution in [-0.4, -0.2) is 46.4 Å². The average Bonchev–Trinajstić information content (AvgIpc) is 3.21. The van der Waals surface area contributed by atoms with Gasteiger partial charge in [0.2, 0.25) is 10.2 Å². The number of amidine groups is 2. The lowest BCUT2D eigenvalue weighted by Gasteiger charge is -2.20. The molecule has 2 aliphatic heterocycles. The Bertz CT molecular complexity index is 1250. The second-order valence-corrected chi connectivity index (χ2v) is 8.42. The van der Waals surface area contributed by atoms with E-state index < -0.39 is 23.0 Å². The van der Waals surface area contributed by atoms with Gasteiger partial charge in [-0.15, -0.1) is 0 Å². The molecule has 0 fully saturated rings. The predicted molar refractivity (Wildman–Crippen MR) is 124 cm³/mol. The number of rotatable bonds is 6. The topological polar surface area (TPSA) is 87.3 Å². The molecule has 0 unspecified atom stereocenters. The third-order valence-corrected chi connectivity index (χ3v) is 5.77. The third kappa shape index (κ3) is 5.14. The van der Waals surface area contributed by atoms with Gasteiger partial charge in [0.15, 0.2) is 5.84 Å². The summed E-state index contributed by atoms with van der Waals surface area (Å²) in [5.74, 6) is 0.00497. The second-order valence-electron chi connectivity index (χ2n) is 7.46. The van der Waals surface area contributed by atoms with Crippen molar-refractivity contribution in [2.45, 2.75) is 20.0 Å². The highest BCUT2D eigenvalue weighted by atomic mass is 32.2. The first kappa shape index (κ1) is 23.6. The number of carbonyl (C=O) groups is 1. The number of hydrazone groups is 1. The maximum absolute atomic E-state index is 12.9. The molecule has 0 aromatic heterocycles. The van der Waals surface area contributed by atoms with Crippen LogP contribution >= 0.6 is 11.8 Å². The minimum atomic E-state index is -4.69. The minimum Gasteiger partial charge on any atom is -0.490 e. The quantitative estimate of drug-likeness (QED) is 0.460. The van der Waals surface area contributed by atoms with Crippen LogP contribution in [-0.2, 0) is 4.79 Å². The van der Waals surface area contributed by atoms with Crippen molar-refractivity contribution in [1.29, 1.82) is 5.41 Å². The molecule has 176 valence electrons. The van der Waals surface area contributed by atoms with Crippen LogP contribution in [0.2, 0.25) is 0 Å². The van der Waals surface area contributed by atoms with E-state index in [2.05, 4.69) is 10.1 Å². The van der Waals surface area contributed by atoms with E-state index in [1.165, 1.54) is 6.08 Å². The van der Waals surface area contributed by atoms with Crippen LogP contribution in [0.1, 0.15) is 16.7 Å². The molecule has 7 nitrogen and oxygen atoms in total. The number of nitrogens with one attached hydrogen (secondary N) is 1. The van der Waals surface area contributed by atoms with Gasteiger partial charge in [0, 0.05) is 0 Å². The molecule has 0 bridgehead atoms. The van der Waals surface area contributed by atoms with Crippen LogP contribution in [0, 0.1) is 19.3 Å². The van der Waals surface area contributed by atoms with Gasteiger partial charge in [-0.1, -0.05) is 24.3 Å². The number of aliphatic imine (C=N–C) groups is 1. The largest absolute Gasteiger partial charge is 0.490 e. The first-order valence-electron chi connectivity index (χ1n) is 10.1. The Labute approximate surface area is 197 Å². The summed E-state index contributed by atoms with van der Waals surface area (Å²) < 4.78 is 50.3. The fourth-order valence-corrected chi connectivity index (χ4v) is 3.90. The average molecular weight is 488 g/mol. The molecular weight excluding hydrogens is 469 g/mol. The van der Waals surface area contributed by atoms with Crippen LogP contribution in [0.25, 0.3) is 6.08 Å². The van der Waals surface area contributed by atoms with E-state index in [1.807, 2.05) is 32.0 Å². The smallest absolute Gasteiger partial charge is 0.441 e. The van der Waals surface area contributed by atoms with Crippen molar-refractivity contribution in [2.75, 3.05) is 13.2 Å². The summed E-state index contributed by atoms with van der Waals surface area (Å²) in [5, 5.41) is 10.8. The van der Waals surface area contributed by atoms with Crippen molar-refractivity contribution in [1.82, 2.24) is 5.01 Å². The zero-order chi connectivity index (χ0) is 24.5. The van der Waals surface area contributed by atoms with Gasteiger partial charge in [-0.2, -0.15) is 28.3 Å². The number of hydrogen-bond acceptors (Lipinski definition) is 6. The van der Waals surface area contributed by atoms with Crippen molar-refractivity contribution >= 4 is 39.8 Å². The van der Waals surface area contributed by atoms with E-state index in [0.717, 1.165) is 16.9 Å². The Morgan fingerprint density at radius 1 is 1.12 bits per heavy atom. The molecule has 4 rings (SSSR count). The normalized spacial score (nSPS) is 17.0. The van der Waals surface area contributed by atoms with Crippen LogP contribution in [0.5, 0.6) is 11.5 Å². The number of aryl methyl sites for hydroxylation is 2. The van der Waals surface area contributed by atoms with Crippen molar-refractivity contribution < 1.29 is 27.4 Å². The van der Waals surface area contributed by atoms with Crippen LogP contribution in [0.15, 0.2) is 58.1 Å². The van der Waals surface area contributed by atoms with Gasteiger partial charge in [-0.25, -0.2) is 0 Å². The molecular formula is C23H19F3N4O3S. The molecule has 11 heteroatoms. The molecule has 2 aromatic carbocycles. The lowest BCUT2D eigenvalue weighted by molar-refractivity contribution is -0.114. The first-order chi connectivity index (χ1) is 16.1. The van der Waals surface area contributed by atoms with Crippen molar-refractivity contribution in [2.24, 2.45) is 10.1 Å². The molecule has 2 heterocycles. The molecule has 0 saturated heterocycles. The molecule has 2 aliphatic rings. The van der Waals surface area contributed by atoms with Crippen molar-refractivity contribution in [3.05, 3.63) is 64.7 Å². The highest BCUT2D eigenvalue weighted by Crippen LogP contribution is 2.35. The Morgan fingerprint density at radius 2 is 1.88 bits per heavy atom. The molecule has 0 aliphatic carbocycles. The van der Waals surface area contributed by atoms with E-state index in [-0.39, 0.29) is 29.1 Å². The van der Waals surface area contributed by atoms with Gasteiger partial charge in [-0.05, 0) is 66.6 Å². The molecule has 0 saturated carbocycles. The third-order valence-electron chi connectivity index (χ3n) is 4.82. The fourth-order valence-electron chi connectivity index (χ4n) is 3.14. The molecule has 0 atom stereocenters. The summed E-state index contributed by atoms with van der Waals surface area (Å²) in [5.41, 5.74) is 2.46. The molecule has 0 radical (unpaired) electrons. The maximum Gasteiger partial charge on any atom is 0.441 e. The summed E-state index contributed by atoms with van der Waals surface area (Å²) in [6.45, 7) is 4.54. The summed E-state index contributed by atoms with van der Waals surface area (Å²) >= 11 is 0.211. The van der Waals surface area contributed by atoms with Crippen LogP contribution in [0.4, 0.5) is 13.2 Å². The van der Waals surface area contributed by atoms with Crippen LogP contribution < -0.4 is 9.47 Å². The van der Waals surface area contributed by atoms with Gasteiger partial charge in [0.05, 0.1) is 5.57 Å². The van der Waals surface area contributed by atoms with E-state index in [9.17, 15) is 18.0 Å². The van der Waals surface area contributed by atoms with E-state index >= 15 is 0 Å². The first-order valence-corrected chi connectivity index (χ1v) is 10.9. The van der Waals surface area contributed by atoms with Gasteiger partial charge in [0.1, 0.15) is 24.7 Å². The zero-order valence-electron chi connectivity index (χ0n) is 18.1. The molecule has 1 amide bonds. The number of thioether (sulfide) groups is 1. The number of alkyl halides is 3. The standard InChI is InChI=1S/C23H19F3N4O3S/c1-13-6-7-14(2)18(10-13)33-9-8-32-16-5-3-4-15(11-16)12-17-19(27)30-22(28-20(17)31)34-21(29-30)23(24,25)26/h3-7,10-12,27H,8-9H2,1-2H3/b17-12-,27-19?. The van der Waals surface area contributed by atoms with Gasteiger partial charge in [0.25, 0.3) is 5.91 Å². The Hall–Kier alpha value is -3.60. The molecule has 1 N–H and O–H groups in total. The zero-order valence-corrected chi connectivity index (χ0v) is 19.0. The maximum atomic E-state index is 12.9. The Kier molecular flexibility index (Phi) is 6.47. The SMILES string of the molecule is Cc1ccc(C)c(OCCOc2cccc(/C=C3/C(=N)N4N=C(C(F)(F)F)SC4=NC3=O)c2)c1. The van der Waals surface area contributed by atoms with Crippen molar-refractivity contribution in [3.63, 3.8) is 0 Å². The number of ether oxygens (including phenoxy) is 2. The Balaban J connectivity index is 1.43. The van der Waals surface area contributed by atoms with Gasteiger partial charge >= 0.3 is 6.18 Å². The van der Waals surface area contributed by atoms with Gasteiger partial charge in [-0.3, -0.25) is 10.2 Å². The molecule has 2 aromatic rings. The molecule has 0 spiro atoms. The Morgan fingerprint density at radius 3 is 2.65 bits per heavy atom. The molecule has 34 heavy (non-hydrogen) atoms. The van der Waals surface area contributed by atoms with Crippen molar-refractivity contribution in [3.8, 4) is 11.5 Å². The summed E-state index contributed by atoms with van der Waals surface area (Å²) in [6, 6.07) is 12.7. The lowest BCUT2D eigenvalue weighted by Crippen LogP contribution is -2.35. The van der Waals surface area contributed by atoms with E-state index in [1.54, 1.807) is 24.3 Å². The van der Waals surface area contributed by atoms with Crippen LogP contribution in [0.3, 0.4) is 0 Å². The highest BCUT2D eigenvalue weighted by molar-refractivity contribution is 8.27. The number of amides is 1. The van der Waals surface area contributed by atoms with Gasteiger partial charge < -0.3 is 9.47 Å². The summed E-state index contributed by atoms with van der Waals surface area (Å²) in [4.78, 5) is 16.0. The number of fused-ring (bicyclic) bond motifs is 1. The number of halogens is 3. The number of carbonyl (C=O) groups excluding carboxylic acids is 1. The summed E-state index contributed by atoms with van der Waals surface area (Å²) in [7, 11) is 0. The van der Waals surface area contributed by atoms with E-state index in [4.69, 9.17) is 14.9 Å². The number of nitrogens with zero attached hydrogens (tertiary/aromatic N) is 3. The highest BCUT2D eigenvalue weighted by Gasteiger charge is 2.46. The number of benzene rings is 2. The number of hydrogen-bond donors (Lipinski definition) is 1. The second kappa shape index (κ2) is 9.34. The monoisotopic (exact) mass is 488 g/mol. The lowest BCUT2D eigenvalue weighted by atomic mass is 10.1. The predicted octanol–water partition coefficient (Wildman–Crippen LogP) is 4.94.